The van der Waals surface area contributed by atoms with Crippen LogP contribution in [0.15, 0.2) is 66.7 Å². The van der Waals surface area contributed by atoms with Crippen molar-refractivity contribution in [2.75, 3.05) is 24.9 Å². The van der Waals surface area contributed by atoms with Crippen molar-refractivity contribution >= 4 is 34.1 Å². The molecule has 0 unspecified atom stereocenters. The SMILES string of the molecule is COc1ccc(C(=O)Nc2ccc(C)c(NC(=O)c3ccc4nc(C)ccc4c3)c2)cc1OC. The van der Waals surface area contributed by atoms with E-state index in [4.69, 9.17) is 9.47 Å². The van der Waals surface area contributed by atoms with Crippen LogP contribution in [0.3, 0.4) is 0 Å². The van der Waals surface area contributed by atoms with Crippen LogP contribution in [0, 0.1) is 13.8 Å². The van der Waals surface area contributed by atoms with Gasteiger partial charge in [0.1, 0.15) is 0 Å². The minimum Gasteiger partial charge on any atom is -0.493 e. The van der Waals surface area contributed by atoms with E-state index in [1.54, 1.807) is 36.4 Å². The fraction of sp³-hybridized carbons (Fsp3) is 0.148. The Morgan fingerprint density at radius 2 is 1.44 bits per heavy atom. The molecule has 1 aromatic heterocycles. The second-order valence-corrected chi connectivity index (χ2v) is 7.87. The van der Waals surface area contributed by atoms with Gasteiger partial charge in [-0.1, -0.05) is 12.1 Å². The van der Waals surface area contributed by atoms with Crippen LogP contribution in [-0.4, -0.2) is 31.0 Å². The van der Waals surface area contributed by atoms with Gasteiger partial charge in [0, 0.05) is 33.6 Å². The van der Waals surface area contributed by atoms with Gasteiger partial charge in [-0.05, 0) is 74.0 Å². The highest BCUT2D eigenvalue weighted by Crippen LogP contribution is 2.28. The molecule has 2 amide bonds. The summed E-state index contributed by atoms with van der Waals surface area (Å²) in [4.78, 5) is 30.2. The minimum absolute atomic E-state index is 0.242. The molecule has 0 atom stereocenters. The van der Waals surface area contributed by atoms with Crippen LogP contribution in [0.25, 0.3) is 10.9 Å². The Morgan fingerprint density at radius 3 is 2.21 bits per heavy atom. The van der Waals surface area contributed by atoms with Gasteiger partial charge in [-0.15, -0.1) is 0 Å². The van der Waals surface area contributed by atoms with E-state index in [1.807, 2.05) is 44.2 Å². The van der Waals surface area contributed by atoms with E-state index in [9.17, 15) is 9.59 Å². The van der Waals surface area contributed by atoms with Crippen molar-refractivity contribution in [1.82, 2.24) is 4.98 Å². The van der Waals surface area contributed by atoms with Crippen LogP contribution < -0.4 is 20.1 Å². The number of carbonyl (C=O) groups is 2. The fourth-order valence-corrected chi connectivity index (χ4v) is 3.58. The van der Waals surface area contributed by atoms with E-state index in [1.165, 1.54) is 14.2 Å². The molecule has 1 heterocycles. The summed E-state index contributed by atoms with van der Waals surface area (Å²) in [5, 5.41) is 6.70. The number of methoxy groups -OCH3 is 2. The number of nitrogens with zero attached hydrogens (tertiary/aromatic N) is 1. The number of rotatable bonds is 6. The monoisotopic (exact) mass is 455 g/mol. The van der Waals surface area contributed by atoms with Crippen LogP contribution in [0.2, 0.25) is 0 Å². The summed E-state index contributed by atoms with van der Waals surface area (Å²) in [6, 6.07) is 19.6. The molecule has 7 heteroatoms. The Kier molecular flexibility index (Phi) is 6.45. The summed E-state index contributed by atoms with van der Waals surface area (Å²) in [6.07, 6.45) is 0. The molecule has 3 aromatic carbocycles. The van der Waals surface area contributed by atoms with Gasteiger partial charge in [-0.25, -0.2) is 0 Å². The summed E-state index contributed by atoms with van der Waals surface area (Å²) in [5.74, 6) is 0.458. The molecular weight excluding hydrogens is 430 g/mol. The van der Waals surface area contributed by atoms with Crippen molar-refractivity contribution in [1.29, 1.82) is 0 Å². The van der Waals surface area contributed by atoms with E-state index in [-0.39, 0.29) is 11.8 Å². The Labute approximate surface area is 197 Å². The molecule has 172 valence electrons. The number of amides is 2. The summed E-state index contributed by atoms with van der Waals surface area (Å²) < 4.78 is 10.5. The fourth-order valence-electron chi connectivity index (χ4n) is 3.58. The molecule has 4 aromatic rings. The van der Waals surface area contributed by atoms with Crippen LogP contribution in [-0.2, 0) is 0 Å². The highest BCUT2D eigenvalue weighted by atomic mass is 16.5. The summed E-state index contributed by atoms with van der Waals surface area (Å²) in [5.41, 5.74) is 4.74. The van der Waals surface area contributed by atoms with Crippen molar-refractivity contribution < 1.29 is 19.1 Å². The van der Waals surface area contributed by atoms with Crippen LogP contribution in [0.1, 0.15) is 32.0 Å². The molecule has 2 N–H and O–H groups in total. The second-order valence-electron chi connectivity index (χ2n) is 7.87. The van der Waals surface area contributed by atoms with Gasteiger partial charge in [0.05, 0.1) is 19.7 Å². The lowest BCUT2D eigenvalue weighted by atomic mass is 10.1. The minimum atomic E-state index is -0.306. The van der Waals surface area contributed by atoms with Gasteiger partial charge in [-0.3, -0.25) is 14.6 Å². The third-order valence-corrected chi connectivity index (χ3v) is 5.48. The zero-order valence-corrected chi connectivity index (χ0v) is 19.4. The third kappa shape index (κ3) is 4.83. The number of hydrogen-bond acceptors (Lipinski definition) is 5. The number of fused-ring (bicyclic) bond motifs is 1. The molecule has 0 aliphatic carbocycles. The number of benzene rings is 3. The maximum Gasteiger partial charge on any atom is 0.255 e. The van der Waals surface area contributed by atoms with Crippen LogP contribution in [0.4, 0.5) is 11.4 Å². The largest absolute Gasteiger partial charge is 0.493 e. The number of aromatic nitrogens is 1. The predicted octanol–water partition coefficient (Wildman–Crippen LogP) is 5.37. The van der Waals surface area contributed by atoms with Gasteiger partial charge < -0.3 is 20.1 Å². The molecule has 4 rings (SSSR count). The summed E-state index contributed by atoms with van der Waals surface area (Å²) in [6.45, 7) is 3.82. The lowest BCUT2D eigenvalue weighted by Gasteiger charge is -2.13. The lowest BCUT2D eigenvalue weighted by Crippen LogP contribution is -2.15. The number of carbonyl (C=O) groups excluding carboxylic acids is 2. The second kappa shape index (κ2) is 9.62. The van der Waals surface area contributed by atoms with Crippen molar-refractivity contribution in [3.05, 3.63) is 89.1 Å². The first-order chi connectivity index (χ1) is 16.4. The van der Waals surface area contributed by atoms with E-state index < -0.39 is 0 Å². The molecule has 7 nitrogen and oxygen atoms in total. The maximum atomic E-state index is 12.9. The van der Waals surface area contributed by atoms with Crippen molar-refractivity contribution in [2.45, 2.75) is 13.8 Å². The van der Waals surface area contributed by atoms with Gasteiger partial charge in [0.15, 0.2) is 11.5 Å². The van der Waals surface area contributed by atoms with Crippen molar-refractivity contribution in [2.24, 2.45) is 0 Å². The van der Waals surface area contributed by atoms with Crippen LogP contribution >= 0.6 is 0 Å². The number of nitrogens with one attached hydrogen (secondary N) is 2. The lowest BCUT2D eigenvalue weighted by molar-refractivity contribution is 0.101. The molecular formula is C27H25N3O4. The number of anilines is 2. The number of aryl methyl sites for hydroxylation is 2. The number of ether oxygens (including phenoxy) is 2. The molecule has 0 bridgehead atoms. The third-order valence-electron chi connectivity index (χ3n) is 5.48. The molecule has 0 aliphatic heterocycles. The average molecular weight is 456 g/mol. The first kappa shape index (κ1) is 22.8. The standard InChI is InChI=1S/C27H25N3O4/c1-16-5-10-21(29-26(31)20-9-12-24(33-3)25(14-20)34-4)15-23(16)30-27(32)19-8-11-22-18(13-19)7-6-17(2)28-22/h5-15H,1-4H3,(H,29,31)(H,30,32). The molecule has 0 saturated carbocycles. The van der Waals surface area contributed by atoms with Gasteiger partial charge in [0.2, 0.25) is 0 Å². The van der Waals surface area contributed by atoms with E-state index >= 15 is 0 Å². The number of pyridine rings is 1. The number of hydrogen-bond donors (Lipinski definition) is 2. The quantitative estimate of drug-likeness (QED) is 0.408. The first-order valence-corrected chi connectivity index (χ1v) is 10.7. The summed E-state index contributed by atoms with van der Waals surface area (Å²) >= 11 is 0. The normalized spacial score (nSPS) is 10.6. The Morgan fingerprint density at radius 1 is 0.735 bits per heavy atom. The van der Waals surface area contributed by atoms with Crippen LogP contribution in [0.5, 0.6) is 11.5 Å². The molecule has 0 aliphatic rings. The predicted molar refractivity (Wildman–Crippen MR) is 133 cm³/mol. The Hall–Kier alpha value is -4.39. The molecule has 0 saturated heterocycles. The molecule has 0 fully saturated rings. The highest BCUT2D eigenvalue weighted by Gasteiger charge is 2.13. The summed E-state index contributed by atoms with van der Waals surface area (Å²) in [7, 11) is 3.05. The Bertz CT molecular complexity index is 1400. The van der Waals surface area contributed by atoms with E-state index in [0.717, 1.165) is 22.2 Å². The van der Waals surface area contributed by atoms with Gasteiger partial charge >= 0.3 is 0 Å². The van der Waals surface area contributed by atoms with Crippen molar-refractivity contribution in [3.63, 3.8) is 0 Å². The highest BCUT2D eigenvalue weighted by molar-refractivity contribution is 6.08. The first-order valence-electron chi connectivity index (χ1n) is 10.7. The van der Waals surface area contributed by atoms with Gasteiger partial charge in [-0.2, -0.15) is 0 Å². The smallest absolute Gasteiger partial charge is 0.255 e. The topological polar surface area (TPSA) is 89.6 Å². The molecule has 0 radical (unpaired) electrons. The zero-order chi connectivity index (χ0) is 24.2. The zero-order valence-electron chi connectivity index (χ0n) is 19.4. The van der Waals surface area contributed by atoms with Gasteiger partial charge in [0.25, 0.3) is 11.8 Å². The van der Waals surface area contributed by atoms with Crippen molar-refractivity contribution in [3.8, 4) is 11.5 Å². The molecule has 0 spiro atoms. The molecule has 34 heavy (non-hydrogen) atoms. The van der Waals surface area contributed by atoms with E-state index in [0.29, 0.717) is 34.0 Å². The Balaban J connectivity index is 1.52. The maximum absolute atomic E-state index is 12.9. The average Bonchev–Trinajstić information content (AvgIpc) is 2.85. The van der Waals surface area contributed by atoms with E-state index in [2.05, 4.69) is 15.6 Å².